The smallest absolute Gasteiger partial charge is 0.0828 e. The predicted octanol–water partition coefficient (Wildman–Crippen LogP) is 5.40. The normalized spacial score (nSPS) is 23.1. The molecule has 0 radical (unpaired) electrons. The Morgan fingerprint density at radius 2 is 1.57 bits per heavy atom. The Bertz CT molecular complexity index is 625. The summed E-state index contributed by atoms with van der Waals surface area (Å²) in [6, 6.07) is 11.0. The Morgan fingerprint density at radius 1 is 1.04 bits per heavy atom. The minimum atomic E-state index is -1.21. The average molecular weight is 360 g/mol. The fraction of sp³-hybridized carbons (Fsp3) is 0.500. The van der Waals surface area contributed by atoms with E-state index in [0.29, 0.717) is 0 Å². The predicted molar refractivity (Wildman–Crippen MR) is 102 cm³/mol. The number of allylic oxidation sites excluding steroid dienone is 3. The van der Waals surface area contributed by atoms with Gasteiger partial charge >= 0.3 is 0 Å². The van der Waals surface area contributed by atoms with Gasteiger partial charge in [0.25, 0.3) is 0 Å². The zero-order valence-corrected chi connectivity index (χ0v) is 18.4. The van der Waals surface area contributed by atoms with Crippen LogP contribution in [0.15, 0.2) is 52.6 Å². The maximum Gasteiger partial charge on any atom is 0.0828 e. The van der Waals surface area contributed by atoms with E-state index < -0.39 is 14.3 Å². The van der Waals surface area contributed by atoms with Crippen molar-refractivity contribution >= 4 is 14.0 Å². The summed E-state index contributed by atoms with van der Waals surface area (Å²) in [6.45, 7) is 15.8. The molecule has 0 spiro atoms. The zero-order chi connectivity index (χ0) is 16.7. The van der Waals surface area contributed by atoms with Crippen LogP contribution in [0.1, 0.15) is 48.0 Å². The first-order valence-corrected chi connectivity index (χ1v) is 10.6. The Hall–Kier alpha value is -0.409. The van der Waals surface area contributed by atoms with Gasteiger partial charge < -0.3 is 5.73 Å². The van der Waals surface area contributed by atoms with E-state index in [-0.39, 0.29) is 26.8 Å². The maximum atomic E-state index is 8.40. The van der Waals surface area contributed by atoms with Gasteiger partial charge in [0.2, 0.25) is 0 Å². The molecule has 1 aliphatic carbocycles. The van der Waals surface area contributed by atoms with Crippen molar-refractivity contribution in [1.29, 1.82) is 0 Å². The van der Waals surface area contributed by atoms with Crippen LogP contribution in [-0.2, 0) is 21.7 Å². The SMILES string of the molecule is CC1=C(C)C(C)([SiH](C)c2ccccc2)C(CC(C)(C)[NH-])=C1C.[Ti]. The number of benzene rings is 1. The molecule has 0 fully saturated rings. The van der Waals surface area contributed by atoms with Crippen LogP contribution < -0.4 is 5.19 Å². The third kappa shape index (κ3) is 3.82. The van der Waals surface area contributed by atoms with Gasteiger partial charge in [0, 0.05) is 26.8 Å². The second-order valence-electron chi connectivity index (χ2n) is 7.75. The molecule has 0 saturated carbocycles. The third-order valence-corrected chi connectivity index (χ3v) is 9.67. The van der Waals surface area contributed by atoms with Crippen LogP contribution in [0.2, 0.25) is 11.6 Å². The van der Waals surface area contributed by atoms with E-state index in [9.17, 15) is 0 Å². The molecule has 1 aliphatic rings. The molecule has 1 aromatic carbocycles. The van der Waals surface area contributed by atoms with E-state index in [4.69, 9.17) is 5.73 Å². The summed E-state index contributed by atoms with van der Waals surface area (Å²) in [5, 5.41) is 1.68. The van der Waals surface area contributed by atoms with Crippen LogP contribution >= 0.6 is 0 Å². The number of hydrogen-bond donors (Lipinski definition) is 0. The Kier molecular flexibility index (Phi) is 6.48. The van der Waals surface area contributed by atoms with Crippen molar-refractivity contribution in [1.82, 2.24) is 0 Å². The van der Waals surface area contributed by atoms with Crippen molar-refractivity contribution in [3.63, 3.8) is 0 Å². The van der Waals surface area contributed by atoms with Crippen molar-refractivity contribution in [3.05, 3.63) is 58.4 Å². The van der Waals surface area contributed by atoms with Gasteiger partial charge in [0.15, 0.2) is 0 Å². The summed E-state index contributed by atoms with van der Waals surface area (Å²) in [5.41, 5.74) is 13.9. The average Bonchev–Trinajstić information content (AvgIpc) is 2.62. The minimum absolute atomic E-state index is 0. The second kappa shape index (κ2) is 7.23. The molecule has 1 N–H and O–H groups in total. The first kappa shape index (κ1) is 20.6. The molecule has 0 aromatic heterocycles. The molecule has 23 heavy (non-hydrogen) atoms. The molecule has 3 heteroatoms. The van der Waals surface area contributed by atoms with Crippen molar-refractivity contribution < 1.29 is 21.7 Å². The summed E-state index contributed by atoms with van der Waals surface area (Å²) in [6.07, 6.45) is 0.869. The Morgan fingerprint density at radius 3 is 2.04 bits per heavy atom. The van der Waals surface area contributed by atoms with Crippen LogP contribution in [0.25, 0.3) is 5.73 Å². The maximum absolute atomic E-state index is 8.40. The van der Waals surface area contributed by atoms with Crippen LogP contribution in [-0.4, -0.2) is 14.3 Å². The number of rotatable bonds is 4. The van der Waals surface area contributed by atoms with Gasteiger partial charge in [-0.05, 0) is 38.3 Å². The van der Waals surface area contributed by atoms with Crippen LogP contribution in [0.5, 0.6) is 0 Å². The van der Waals surface area contributed by atoms with Gasteiger partial charge in [0.05, 0.1) is 8.80 Å². The van der Waals surface area contributed by atoms with E-state index in [2.05, 4.69) is 64.6 Å². The Balaban J connectivity index is 0.00000264. The van der Waals surface area contributed by atoms with E-state index >= 15 is 0 Å². The fourth-order valence-corrected chi connectivity index (χ4v) is 7.11. The summed E-state index contributed by atoms with van der Waals surface area (Å²) in [4.78, 5) is 0. The van der Waals surface area contributed by atoms with Crippen LogP contribution in [0.4, 0.5) is 0 Å². The summed E-state index contributed by atoms with van der Waals surface area (Å²) in [7, 11) is -1.21. The zero-order valence-electron chi connectivity index (χ0n) is 15.7. The standard InChI is InChI=1S/C20H30NSi.Ti/c1-14-15(2)18(13-19(4,5)21)20(6,16(14)3)22(7)17-11-9-8-10-12-17;/h8-12,21-22H,13H2,1-7H3;/q-1;. The summed E-state index contributed by atoms with van der Waals surface area (Å²) < 4.78 is 0. The quantitative estimate of drug-likeness (QED) is 0.643. The van der Waals surface area contributed by atoms with Gasteiger partial charge in [-0.1, -0.05) is 74.0 Å². The first-order chi connectivity index (χ1) is 10.1. The molecule has 2 atom stereocenters. The molecule has 0 bridgehead atoms. The first-order valence-electron chi connectivity index (χ1n) is 8.27. The summed E-state index contributed by atoms with van der Waals surface area (Å²) in [5.74, 6) is 0. The van der Waals surface area contributed by atoms with E-state index in [0.717, 1.165) is 6.42 Å². The second-order valence-corrected chi connectivity index (χ2v) is 11.0. The van der Waals surface area contributed by atoms with Gasteiger partial charge in [-0.2, -0.15) is 0 Å². The van der Waals surface area contributed by atoms with Crippen molar-refractivity contribution in [3.8, 4) is 0 Å². The molecule has 0 aliphatic heterocycles. The molecule has 1 nitrogen and oxygen atoms in total. The van der Waals surface area contributed by atoms with E-state index in [1.54, 1.807) is 0 Å². The third-order valence-electron chi connectivity index (χ3n) is 5.77. The number of nitrogens with one attached hydrogen (secondary N) is 1. The van der Waals surface area contributed by atoms with Gasteiger partial charge in [-0.25, -0.2) is 0 Å². The van der Waals surface area contributed by atoms with Crippen molar-refractivity contribution in [2.45, 2.75) is 65.1 Å². The molecule has 0 amide bonds. The van der Waals surface area contributed by atoms with E-state index in [1.165, 1.54) is 27.5 Å². The van der Waals surface area contributed by atoms with Gasteiger partial charge in [-0.15, -0.1) is 5.54 Å². The van der Waals surface area contributed by atoms with Gasteiger partial charge in [-0.3, -0.25) is 0 Å². The van der Waals surface area contributed by atoms with Crippen LogP contribution in [0, 0.1) is 0 Å². The molecular formula is C20H30NSiTi-. The van der Waals surface area contributed by atoms with Crippen molar-refractivity contribution in [2.75, 3.05) is 0 Å². The van der Waals surface area contributed by atoms with Crippen LogP contribution in [0.3, 0.4) is 0 Å². The minimum Gasteiger partial charge on any atom is -0.672 e. The molecule has 1 aromatic rings. The Labute approximate surface area is 158 Å². The molecule has 0 saturated heterocycles. The van der Waals surface area contributed by atoms with Gasteiger partial charge in [0.1, 0.15) is 0 Å². The molecule has 0 heterocycles. The summed E-state index contributed by atoms with van der Waals surface area (Å²) >= 11 is 0. The largest absolute Gasteiger partial charge is 0.672 e. The monoisotopic (exact) mass is 360 g/mol. The molecule has 124 valence electrons. The fourth-order valence-electron chi connectivity index (χ4n) is 3.93. The molecule has 2 unspecified atom stereocenters. The van der Waals surface area contributed by atoms with E-state index in [1.807, 2.05) is 13.8 Å². The molecular weight excluding hydrogens is 330 g/mol. The van der Waals surface area contributed by atoms with Crippen molar-refractivity contribution in [2.24, 2.45) is 0 Å². The topological polar surface area (TPSA) is 23.8 Å². The molecule has 2 rings (SSSR count). The number of hydrogen-bond acceptors (Lipinski definition) is 0.